The fraction of sp³-hybridized carbons (Fsp3) is 0.375. The number of carbonyl (C=O) groups is 1. The fourth-order valence-corrected chi connectivity index (χ4v) is 4.19. The van der Waals surface area contributed by atoms with Gasteiger partial charge in [-0.25, -0.2) is 4.98 Å². The summed E-state index contributed by atoms with van der Waals surface area (Å²) in [4.78, 5) is 30.9. The van der Waals surface area contributed by atoms with Crippen molar-refractivity contribution >= 4 is 28.6 Å². The van der Waals surface area contributed by atoms with Crippen LogP contribution >= 0.6 is 11.8 Å². The number of amides is 1. The molecule has 1 atom stereocenters. The van der Waals surface area contributed by atoms with E-state index >= 15 is 0 Å². The molecule has 0 aliphatic rings. The molecular formula is C24H29N3O2S. The van der Waals surface area contributed by atoms with Gasteiger partial charge >= 0.3 is 0 Å². The summed E-state index contributed by atoms with van der Waals surface area (Å²) in [5.74, 6) is 0.560. The average Bonchev–Trinajstić information content (AvgIpc) is 2.72. The van der Waals surface area contributed by atoms with Crippen LogP contribution < -0.4 is 10.9 Å². The van der Waals surface area contributed by atoms with Crippen LogP contribution in [0.5, 0.6) is 0 Å². The number of hydrogen-bond acceptors (Lipinski definition) is 4. The summed E-state index contributed by atoms with van der Waals surface area (Å²) in [6.45, 7) is 10.8. The van der Waals surface area contributed by atoms with Crippen molar-refractivity contribution in [3.05, 3.63) is 64.4 Å². The van der Waals surface area contributed by atoms with Crippen molar-refractivity contribution in [2.24, 2.45) is 5.92 Å². The van der Waals surface area contributed by atoms with Crippen molar-refractivity contribution in [2.45, 2.75) is 50.9 Å². The molecule has 2 aromatic carbocycles. The van der Waals surface area contributed by atoms with Crippen LogP contribution in [0.25, 0.3) is 16.6 Å². The van der Waals surface area contributed by atoms with Crippen LogP contribution in [0, 0.1) is 5.92 Å². The number of nitrogens with zero attached hydrogens (tertiary/aromatic N) is 2. The monoisotopic (exact) mass is 423 g/mol. The molecule has 0 radical (unpaired) electrons. The number of para-hydroxylation sites is 2. The van der Waals surface area contributed by atoms with Gasteiger partial charge in [0, 0.05) is 6.54 Å². The van der Waals surface area contributed by atoms with E-state index in [0.717, 1.165) is 11.3 Å². The molecule has 0 saturated heterocycles. The quantitative estimate of drug-likeness (QED) is 0.439. The molecule has 1 amide bonds. The first-order valence-corrected chi connectivity index (χ1v) is 11.2. The summed E-state index contributed by atoms with van der Waals surface area (Å²) in [7, 11) is 0. The molecule has 3 rings (SSSR count). The highest BCUT2D eigenvalue weighted by atomic mass is 32.2. The van der Waals surface area contributed by atoms with Crippen molar-refractivity contribution in [3.63, 3.8) is 0 Å². The van der Waals surface area contributed by atoms with E-state index in [0.29, 0.717) is 28.5 Å². The predicted octanol–water partition coefficient (Wildman–Crippen LogP) is 4.76. The second-order valence-corrected chi connectivity index (χ2v) is 9.47. The lowest BCUT2D eigenvalue weighted by Gasteiger charge is -2.20. The van der Waals surface area contributed by atoms with Gasteiger partial charge in [-0.3, -0.25) is 14.2 Å². The van der Waals surface area contributed by atoms with Gasteiger partial charge in [-0.2, -0.15) is 0 Å². The van der Waals surface area contributed by atoms with E-state index in [4.69, 9.17) is 4.98 Å². The highest BCUT2D eigenvalue weighted by Gasteiger charge is 2.21. The van der Waals surface area contributed by atoms with Gasteiger partial charge in [-0.05, 0) is 42.5 Å². The van der Waals surface area contributed by atoms with E-state index in [1.54, 1.807) is 10.6 Å². The standard InChI is InChI=1S/C24H29N3O2S/c1-15(2)14-25-22(28)17(5)30-24-26-20-12-8-6-11-19(20)23(29)27(24)21-13-9-7-10-18(21)16(3)4/h6-13,15-17H,14H2,1-5H3,(H,25,28)/t17-/m1/s1. The molecule has 5 nitrogen and oxygen atoms in total. The van der Waals surface area contributed by atoms with Crippen molar-refractivity contribution in [1.82, 2.24) is 14.9 Å². The Morgan fingerprint density at radius 2 is 1.70 bits per heavy atom. The number of thioether (sulfide) groups is 1. The Morgan fingerprint density at radius 1 is 1.03 bits per heavy atom. The zero-order valence-electron chi connectivity index (χ0n) is 18.2. The minimum atomic E-state index is -0.380. The molecule has 30 heavy (non-hydrogen) atoms. The molecule has 0 unspecified atom stereocenters. The largest absolute Gasteiger partial charge is 0.355 e. The third-order valence-corrected chi connectivity index (χ3v) is 5.93. The van der Waals surface area contributed by atoms with E-state index in [1.165, 1.54) is 11.8 Å². The average molecular weight is 424 g/mol. The molecule has 0 saturated carbocycles. The van der Waals surface area contributed by atoms with Crippen molar-refractivity contribution in [3.8, 4) is 5.69 Å². The number of rotatable bonds is 7. The first kappa shape index (κ1) is 22.1. The third-order valence-electron chi connectivity index (χ3n) is 4.88. The lowest BCUT2D eigenvalue weighted by Crippen LogP contribution is -2.34. The maximum atomic E-state index is 13.5. The molecule has 0 fully saturated rings. The summed E-state index contributed by atoms with van der Waals surface area (Å²) < 4.78 is 1.66. The fourth-order valence-electron chi connectivity index (χ4n) is 3.24. The van der Waals surface area contributed by atoms with Crippen LogP contribution in [0.4, 0.5) is 0 Å². The highest BCUT2D eigenvalue weighted by molar-refractivity contribution is 8.00. The summed E-state index contributed by atoms with van der Waals surface area (Å²) >= 11 is 1.31. The number of hydrogen-bond donors (Lipinski definition) is 1. The van der Waals surface area contributed by atoms with Gasteiger partial charge in [0.05, 0.1) is 21.8 Å². The van der Waals surface area contributed by atoms with E-state index in [9.17, 15) is 9.59 Å². The normalized spacial score (nSPS) is 12.5. The Bertz CT molecular complexity index is 1110. The van der Waals surface area contributed by atoms with Crippen LogP contribution in [0.2, 0.25) is 0 Å². The second-order valence-electron chi connectivity index (χ2n) is 8.16. The first-order valence-electron chi connectivity index (χ1n) is 10.3. The Hall–Kier alpha value is -2.60. The minimum absolute atomic E-state index is 0.0557. The van der Waals surface area contributed by atoms with Crippen LogP contribution in [0.15, 0.2) is 58.5 Å². The molecule has 158 valence electrons. The smallest absolute Gasteiger partial charge is 0.266 e. The Kier molecular flexibility index (Phi) is 6.98. The van der Waals surface area contributed by atoms with Gasteiger partial charge in [0.25, 0.3) is 5.56 Å². The van der Waals surface area contributed by atoms with Gasteiger partial charge in [-0.15, -0.1) is 0 Å². The number of benzene rings is 2. The van der Waals surface area contributed by atoms with Crippen LogP contribution in [-0.4, -0.2) is 27.3 Å². The number of aromatic nitrogens is 2. The topological polar surface area (TPSA) is 64.0 Å². The molecule has 1 heterocycles. The molecule has 0 bridgehead atoms. The predicted molar refractivity (Wildman–Crippen MR) is 125 cm³/mol. The molecule has 0 aliphatic carbocycles. The Balaban J connectivity index is 2.13. The van der Waals surface area contributed by atoms with Crippen LogP contribution in [0.1, 0.15) is 46.1 Å². The molecule has 3 aromatic rings. The molecular weight excluding hydrogens is 394 g/mol. The Labute approximate surface area is 181 Å². The van der Waals surface area contributed by atoms with Gasteiger partial charge in [0.1, 0.15) is 0 Å². The first-order chi connectivity index (χ1) is 14.3. The van der Waals surface area contributed by atoms with Crippen molar-refractivity contribution < 1.29 is 4.79 Å². The maximum absolute atomic E-state index is 13.5. The van der Waals surface area contributed by atoms with Gasteiger partial charge in [0.2, 0.25) is 5.91 Å². The molecule has 1 aromatic heterocycles. The van der Waals surface area contributed by atoms with E-state index < -0.39 is 0 Å². The van der Waals surface area contributed by atoms with E-state index in [-0.39, 0.29) is 22.6 Å². The molecule has 0 aliphatic heterocycles. The zero-order valence-corrected chi connectivity index (χ0v) is 19.0. The third kappa shape index (κ3) is 4.75. The number of nitrogens with one attached hydrogen (secondary N) is 1. The summed E-state index contributed by atoms with van der Waals surface area (Å²) in [5, 5.41) is 3.68. The van der Waals surface area contributed by atoms with Crippen molar-refractivity contribution in [2.75, 3.05) is 6.54 Å². The van der Waals surface area contributed by atoms with E-state index in [2.05, 4.69) is 33.0 Å². The molecule has 0 spiro atoms. The lowest BCUT2D eigenvalue weighted by atomic mass is 10.0. The molecule has 1 N–H and O–H groups in total. The van der Waals surface area contributed by atoms with Gasteiger partial charge in [0.15, 0.2) is 5.16 Å². The van der Waals surface area contributed by atoms with Gasteiger partial charge in [-0.1, -0.05) is 69.8 Å². The SMILES string of the molecule is CC(C)CNC(=O)[C@@H](C)Sc1nc2ccccc2c(=O)n1-c1ccccc1C(C)C. The van der Waals surface area contributed by atoms with Gasteiger partial charge < -0.3 is 5.32 Å². The lowest BCUT2D eigenvalue weighted by molar-refractivity contribution is -0.120. The van der Waals surface area contributed by atoms with Crippen LogP contribution in [-0.2, 0) is 4.79 Å². The number of carbonyl (C=O) groups excluding carboxylic acids is 1. The maximum Gasteiger partial charge on any atom is 0.266 e. The number of fused-ring (bicyclic) bond motifs is 1. The van der Waals surface area contributed by atoms with Crippen LogP contribution in [0.3, 0.4) is 0 Å². The summed E-state index contributed by atoms with van der Waals surface area (Å²) in [6, 6.07) is 15.2. The second kappa shape index (κ2) is 9.47. The Morgan fingerprint density at radius 3 is 2.40 bits per heavy atom. The minimum Gasteiger partial charge on any atom is -0.355 e. The zero-order chi connectivity index (χ0) is 21.8. The molecule has 6 heteroatoms. The summed E-state index contributed by atoms with van der Waals surface area (Å²) in [6.07, 6.45) is 0. The summed E-state index contributed by atoms with van der Waals surface area (Å²) in [5.41, 5.74) is 2.40. The van der Waals surface area contributed by atoms with Crippen molar-refractivity contribution in [1.29, 1.82) is 0 Å². The highest BCUT2D eigenvalue weighted by Crippen LogP contribution is 2.29. The van der Waals surface area contributed by atoms with E-state index in [1.807, 2.05) is 49.4 Å².